The van der Waals surface area contributed by atoms with E-state index in [1.807, 2.05) is 50.2 Å². The molecule has 0 saturated carbocycles. The fourth-order valence-corrected chi connectivity index (χ4v) is 6.84. The molecule has 0 aliphatic carbocycles. The van der Waals surface area contributed by atoms with Crippen LogP contribution in [0.3, 0.4) is 0 Å². The Morgan fingerprint density at radius 2 is 1.45 bits per heavy atom. The number of hydrogen-bond acceptors (Lipinski definition) is 5. The maximum absolute atomic E-state index is 13.5. The lowest BCUT2D eigenvalue weighted by Crippen LogP contribution is -2.31. The highest BCUT2D eigenvalue weighted by atomic mass is 32.1. The van der Waals surface area contributed by atoms with E-state index in [9.17, 15) is 14.7 Å². The van der Waals surface area contributed by atoms with E-state index in [1.54, 1.807) is 22.8 Å². The second kappa shape index (κ2) is 17.1. The molecule has 0 spiro atoms. The van der Waals surface area contributed by atoms with Gasteiger partial charge in [-0.1, -0.05) is 134 Å². The summed E-state index contributed by atoms with van der Waals surface area (Å²) in [4.78, 5) is 33.0. The lowest BCUT2D eigenvalue weighted by molar-refractivity contribution is 0.102. The number of hydrogen-bond donors (Lipinski definition) is 2. The largest absolute Gasteiger partial charge is 0.506 e. The number of amides is 1. The Morgan fingerprint density at radius 3 is 2.09 bits per heavy atom. The van der Waals surface area contributed by atoms with Gasteiger partial charge in [-0.2, -0.15) is 0 Å². The first kappa shape index (κ1) is 33.4. The van der Waals surface area contributed by atoms with Crippen molar-refractivity contribution in [1.82, 2.24) is 9.55 Å². The fourth-order valence-electron chi connectivity index (χ4n) is 5.82. The van der Waals surface area contributed by atoms with Crippen molar-refractivity contribution in [3.8, 4) is 17.0 Å². The Labute approximate surface area is 266 Å². The molecule has 2 aromatic heterocycles. The number of para-hydroxylation sites is 1. The molecule has 0 aliphatic heterocycles. The van der Waals surface area contributed by atoms with Crippen molar-refractivity contribution in [2.45, 2.75) is 111 Å². The molecule has 0 fully saturated rings. The maximum Gasteiger partial charge on any atom is 0.267 e. The number of rotatable bonds is 18. The zero-order valence-corrected chi connectivity index (χ0v) is 27.6. The topological polar surface area (TPSA) is 84.2 Å². The summed E-state index contributed by atoms with van der Waals surface area (Å²) in [5, 5.41) is 14.8. The maximum atomic E-state index is 13.5. The predicted molar refractivity (Wildman–Crippen MR) is 185 cm³/mol. The van der Waals surface area contributed by atoms with Gasteiger partial charge in [-0.3, -0.25) is 14.9 Å². The summed E-state index contributed by atoms with van der Waals surface area (Å²) in [5.74, 6) is -0.743. The second-order valence-corrected chi connectivity index (χ2v) is 13.4. The Kier molecular flexibility index (Phi) is 13.0. The van der Waals surface area contributed by atoms with Gasteiger partial charge in [0.25, 0.3) is 11.5 Å². The molecule has 4 rings (SSSR count). The number of benzene rings is 2. The van der Waals surface area contributed by atoms with E-state index in [0.29, 0.717) is 22.6 Å². The van der Waals surface area contributed by atoms with Crippen molar-refractivity contribution in [3.05, 3.63) is 75.4 Å². The highest BCUT2D eigenvalue weighted by Crippen LogP contribution is 2.34. The summed E-state index contributed by atoms with van der Waals surface area (Å²) in [6, 6.07) is 17.2. The lowest BCUT2D eigenvalue weighted by atomic mass is 10.0. The number of carbonyl (C=O) groups is 1. The average molecular weight is 616 g/mol. The summed E-state index contributed by atoms with van der Waals surface area (Å²) in [7, 11) is 0. The minimum absolute atomic E-state index is 0.187. The van der Waals surface area contributed by atoms with Crippen LogP contribution in [0.4, 0.5) is 5.13 Å². The van der Waals surface area contributed by atoms with Gasteiger partial charge < -0.3 is 9.67 Å². The van der Waals surface area contributed by atoms with Gasteiger partial charge in [-0.25, -0.2) is 4.98 Å². The smallest absolute Gasteiger partial charge is 0.267 e. The van der Waals surface area contributed by atoms with E-state index in [4.69, 9.17) is 4.98 Å². The van der Waals surface area contributed by atoms with Crippen LogP contribution >= 0.6 is 11.3 Å². The molecule has 236 valence electrons. The summed E-state index contributed by atoms with van der Waals surface area (Å²) < 4.78 is 1.59. The van der Waals surface area contributed by atoms with Gasteiger partial charge in [0, 0.05) is 22.4 Å². The number of anilines is 1. The van der Waals surface area contributed by atoms with Crippen LogP contribution in [-0.4, -0.2) is 20.6 Å². The number of nitrogens with one attached hydrogen (secondary N) is 1. The standard InChI is InChI=1S/C37H49N3O3S/c1-4-5-6-7-8-9-10-11-12-13-14-18-25-31-33(28-21-16-15-17-22-28)38-37(44-31)39-35(42)32-34(41)29-23-19-20-24-30(29)40(36(32)43)26-27(2)3/h15-17,19-24,27,41H,4-14,18,25-26H2,1-3H3,(H,38,39,42). The molecular formula is C37H49N3O3S. The highest BCUT2D eigenvalue weighted by Gasteiger charge is 2.24. The van der Waals surface area contributed by atoms with Crippen molar-refractivity contribution in [1.29, 1.82) is 0 Å². The molecule has 0 saturated heterocycles. The third-order valence-electron chi connectivity index (χ3n) is 8.14. The SMILES string of the molecule is CCCCCCCCCCCCCCc1sc(NC(=O)c2c(O)c3ccccc3n(CC(C)C)c2=O)nc1-c1ccccc1. The molecule has 2 aromatic carbocycles. The molecule has 2 heterocycles. The number of pyridine rings is 1. The number of nitrogens with zero attached hydrogens (tertiary/aromatic N) is 2. The third-order valence-corrected chi connectivity index (χ3v) is 9.17. The van der Waals surface area contributed by atoms with Crippen molar-refractivity contribution in [3.63, 3.8) is 0 Å². The number of carbonyl (C=O) groups excluding carboxylic acids is 1. The Hall–Kier alpha value is -3.45. The number of fused-ring (bicyclic) bond motifs is 1. The normalized spacial score (nSPS) is 11.5. The number of unbranched alkanes of at least 4 members (excludes halogenated alkanes) is 11. The minimum Gasteiger partial charge on any atom is -0.506 e. The van der Waals surface area contributed by atoms with Gasteiger partial charge in [0.05, 0.1) is 11.2 Å². The summed E-state index contributed by atoms with van der Waals surface area (Å²) in [6.45, 7) is 6.75. The molecular weight excluding hydrogens is 566 g/mol. The zero-order valence-electron chi connectivity index (χ0n) is 26.7. The molecule has 0 bridgehead atoms. The molecule has 4 aromatic rings. The van der Waals surface area contributed by atoms with E-state index in [2.05, 4.69) is 12.2 Å². The van der Waals surface area contributed by atoms with Crippen LogP contribution in [0, 0.1) is 5.92 Å². The van der Waals surface area contributed by atoms with Crippen molar-refractivity contribution in [2.75, 3.05) is 5.32 Å². The van der Waals surface area contributed by atoms with E-state index in [0.717, 1.165) is 29.0 Å². The molecule has 2 N–H and O–H groups in total. The Bertz CT molecular complexity index is 1540. The van der Waals surface area contributed by atoms with Gasteiger partial charge in [0.2, 0.25) is 0 Å². The summed E-state index contributed by atoms with van der Waals surface area (Å²) >= 11 is 1.46. The van der Waals surface area contributed by atoms with Gasteiger partial charge >= 0.3 is 0 Å². The van der Waals surface area contributed by atoms with Crippen molar-refractivity contribution in [2.24, 2.45) is 5.92 Å². The van der Waals surface area contributed by atoms with Gasteiger partial charge in [0.15, 0.2) is 5.13 Å². The monoisotopic (exact) mass is 615 g/mol. The van der Waals surface area contributed by atoms with E-state index >= 15 is 0 Å². The fraction of sp³-hybridized carbons (Fsp3) is 0.486. The van der Waals surface area contributed by atoms with E-state index in [1.165, 1.54) is 82.0 Å². The van der Waals surface area contributed by atoms with Gasteiger partial charge in [-0.05, 0) is 30.9 Å². The molecule has 7 heteroatoms. The molecule has 0 atom stereocenters. The summed E-state index contributed by atoms with van der Waals surface area (Å²) in [5.41, 5.74) is 1.75. The van der Waals surface area contributed by atoms with E-state index in [-0.39, 0.29) is 17.2 Å². The van der Waals surface area contributed by atoms with E-state index < -0.39 is 11.5 Å². The van der Waals surface area contributed by atoms with Crippen LogP contribution in [0.15, 0.2) is 59.4 Å². The molecule has 44 heavy (non-hydrogen) atoms. The lowest BCUT2D eigenvalue weighted by Gasteiger charge is -2.16. The van der Waals surface area contributed by atoms with Crippen LogP contribution < -0.4 is 10.9 Å². The number of aryl methyl sites for hydroxylation is 1. The molecule has 0 aliphatic rings. The van der Waals surface area contributed by atoms with Crippen LogP contribution in [0.5, 0.6) is 5.75 Å². The van der Waals surface area contributed by atoms with Crippen LogP contribution in [0.1, 0.15) is 113 Å². The Balaban J connectivity index is 1.43. The third kappa shape index (κ3) is 9.04. The number of aromatic nitrogens is 2. The summed E-state index contributed by atoms with van der Waals surface area (Å²) in [6.07, 6.45) is 16.5. The van der Waals surface area contributed by atoms with Crippen LogP contribution in [0.25, 0.3) is 22.2 Å². The second-order valence-electron chi connectivity index (χ2n) is 12.3. The first-order valence-corrected chi connectivity index (χ1v) is 17.4. The quantitative estimate of drug-likeness (QED) is 0.109. The van der Waals surface area contributed by atoms with Crippen molar-refractivity contribution >= 4 is 33.3 Å². The predicted octanol–water partition coefficient (Wildman–Crippen LogP) is 9.98. The van der Waals surface area contributed by atoms with Crippen LogP contribution in [-0.2, 0) is 13.0 Å². The molecule has 0 radical (unpaired) electrons. The number of thiazole rings is 1. The first-order chi connectivity index (χ1) is 21.4. The molecule has 1 amide bonds. The number of aromatic hydroxyl groups is 1. The zero-order chi connectivity index (χ0) is 31.3. The highest BCUT2D eigenvalue weighted by molar-refractivity contribution is 7.16. The van der Waals surface area contributed by atoms with Crippen molar-refractivity contribution < 1.29 is 9.90 Å². The Morgan fingerprint density at radius 1 is 0.864 bits per heavy atom. The molecule has 0 unspecified atom stereocenters. The minimum atomic E-state index is -0.638. The van der Waals surface area contributed by atoms with Gasteiger partial charge in [-0.15, -0.1) is 11.3 Å². The average Bonchev–Trinajstić information content (AvgIpc) is 3.42. The molecule has 6 nitrogen and oxygen atoms in total. The first-order valence-electron chi connectivity index (χ1n) is 16.6. The van der Waals surface area contributed by atoms with Crippen LogP contribution in [0.2, 0.25) is 0 Å². The van der Waals surface area contributed by atoms with Gasteiger partial charge in [0.1, 0.15) is 11.3 Å².